The van der Waals surface area contributed by atoms with Gasteiger partial charge in [0.15, 0.2) is 0 Å². The smallest absolute Gasteiger partial charge is 0.0234 e. The van der Waals surface area contributed by atoms with Crippen LogP contribution in [-0.4, -0.2) is 24.5 Å². The van der Waals surface area contributed by atoms with Gasteiger partial charge < -0.3 is 0 Å². The van der Waals surface area contributed by atoms with E-state index in [2.05, 4.69) is 25.0 Å². The van der Waals surface area contributed by atoms with Crippen molar-refractivity contribution >= 4 is 0 Å². The maximum atomic E-state index is 3.95. The van der Waals surface area contributed by atoms with Crippen molar-refractivity contribution in [3.63, 3.8) is 0 Å². The molecule has 0 saturated carbocycles. The predicted molar refractivity (Wildman–Crippen MR) is 49.6 cm³/mol. The molecule has 0 spiro atoms. The highest BCUT2D eigenvalue weighted by molar-refractivity contribution is 5.32. The molecule has 0 unspecified atom stereocenters. The highest BCUT2D eigenvalue weighted by atomic mass is 15.1. The molecule has 0 aromatic carbocycles. The number of hydrogen-bond acceptors (Lipinski definition) is 1. The predicted octanol–water partition coefficient (Wildman–Crippen LogP) is 2.21. The first-order chi connectivity index (χ1) is 5.24. The normalized spacial score (nSPS) is 19.7. The van der Waals surface area contributed by atoms with Crippen LogP contribution >= 0.6 is 0 Å². The fraction of sp³-hybridized carbons (Fsp3) is 0.600. The van der Waals surface area contributed by atoms with Gasteiger partial charge in [-0.05, 0) is 24.1 Å². The van der Waals surface area contributed by atoms with E-state index in [1.54, 1.807) is 0 Å². The third kappa shape index (κ3) is 2.19. The second kappa shape index (κ2) is 3.72. The molecule has 1 heteroatoms. The van der Waals surface area contributed by atoms with Crippen molar-refractivity contribution < 1.29 is 0 Å². The van der Waals surface area contributed by atoms with E-state index in [0.717, 1.165) is 13.1 Å². The second-order valence-corrected chi connectivity index (χ2v) is 3.27. The van der Waals surface area contributed by atoms with Crippen LogP contribution in [0.5, 0.6) is 0 Å². The third-order valence-electron chi connectivity index (χ3n) is 2.16. The van der Waals surface area contributed by atoms with Crippen LogP contribution in [0, 0.1) is 0 Å². The minimum atomic E-state index is 1.04. The summed E-state index contributed by atoms with van der Waals surface area (Å²) in [4.78, 5) is 2.41. The quantitative estimate of drug-likeness (QED) is 0.598. The topological polar surface area (TPSA) is 3.24 Å². The van der Waals surface area contributed by atoms with Crippen LogP contribution in [-0.2, 0) is 0 Å². The standard InChI is InChI=1S/C10H17N/c1-4-5-6-11-7-9(2)10(3)8-11/h2-8H2,1H3. The number of unbranched alkanes of at least 4 members (excludes halogenated alkanes) is 1. The summed E-state index contributed by atoms with van der Waals surface area (Å²) in [6, 6.07) is 0. The fourth-order valence-electron chi connectivity index (χ4n) is 1.36. The average Bonchev–Trinajstić information content (AvgIpc) is 2.28. The molecule has 62 valence electrons. The lowest BCUT2D eigenvalue weighted by molar-refractivity contribution is 0.347. The Morgan fingerprint density at radius 1 is 1.27 bits per heavy atom. The van der Waals surface area contributed by atoms with Crippen LogP contribution in [0.15, 0.2) is 24.3 Å². The molecule has 0 radical (unpaired) electrons. The lowest BCUT2D eigenvalue weighted by Crippen LogP contribution is -2.20. The molecular weight excluding hydrogens is 134 g/mol. The Bertz CT molecular complexity index is 154. The molecule has 0 atom stereocenters. The van der Waals surface area contributed by atoms with Crippen molar-refractivity contribution in [2.75, 3.05) is 19.6 Å². The molecule has 1 rings (SSSR count). The van der Waals surface area contributed by atoms with Crippen molar-refractivity contribution in [2.24, 2.45) is 0 Å². The monoisotopic (exact) mass is 151 g/mol. The zero-order valence-electron chi connectivity index (χ0n) is 7.40. The molecule has 1 heterocycles. The van der Waals surface area contributed by atoms with Gasteiger partial charge in [0.1, 0.15) is 0 Å². The Kier molecular flexibility index (Phi) is 2.89. The van der Waals surface area contributed by atoms with Crippen LogP contribution < -0.4 is 0 Å². The summed E-state index contributed by atoms with van der Waals surface area (Å²) in [5, 5.41) is 0. The van der Waals surface area contributed by atoms with Gasteiger partial charge in [-0.2, -0.15) is 0 Å². The van der Waals surface area contributed by atoms with E-state index in [1.807, 2.05) is 0 Å². The Labute approximate surface area is 69.4 Å². The lowest BCUT2D eigenvalue weighted by atomic mass is 10.2. The summed E-state index contributed by atoms with van der Waals surface area (Å²) in [5.41, 5.74) is 2.45. The number of likely N-dealkylation sites (tertiary alicyclic amines) is 1. The van der Waals surface area contributed by atoms with Gasteiger partial charge in [-0.15, -0.1) is 0 Å². The van der Waals surface area contributed by atoms with E-state index < -0.39 is 0 Å². The SMILES string of the molecule is C=C1CN(CCCC)CC1=C. The summed E-state index contributed by atoms with van der Waals surface area (Å²) in [7, 11) is 0. The van der Waals surface area contributed by atoms with Gasteiger partial charge in [-0.25, -0.2) is 0 Å². The fourth-order valence-corrected chi connectivity index (χ4v) is 1.36. The summed E-state index contributed by atoms with van der Waals surface area (Å²) >= 11 is 0. The van der Waals surface area contributed by atoms with Gasteiger partial charge in [0, 0.05) is 13.1 Å². The van der Waals surface area contributed by atoms with E-state index in [9.17, 15) is 0 Å². The molecular formula is C10H17N. The van der Waals surface area contributed by atoms with Gasteiger partial charge in [0.05, 0.1) is 0 Å². The molecule has 0 N–H and O–H groups in total. The van der Waals surface area contributed by atoms with Crippen molar-refractivity contribution in [3.8, 4) is 0 Å². The molecule has 1 fully saturated rings. The zero-order valence-corrected chi connectivity index (χ0v) is 7.40. The van der Waals surface area contributed by atoms with E-state index >= 15 is 0 Å². The Morgan fingerprint density at radius 2 is 1.82 bits per heavy atom. The van der Waals surface area contributed by atoms with Crippen molar-refractivity contribution in [1.29, 1.82) is 0 Å². The van der Waals surface area contributed by atoms with Crippen molar-refractivity contribution in [3.05, 3.63) is 24.3 Å². The molecule has 1 aliphatic heterocycles. The maximum Gasteiger partial charge on any atom is 0.0234 e. The van der Waals surface area contributed by atoms with E-state index in [4.69, 9.17) is 0 Å². The van der Waals surface area contributed by atoms with Gasteiger partial charge in [0.25, 0.3) is 0 Å². The largest absolute Gasteiger partial charge is 0.295 e. The molecule has 0 aromatic rings. The Morgan fingerprint density at radius 3 is 2.27 bits per heavy atom. The van der Waals surface area contributed by atoms with Gasteiger partial charge in [0.2, 0.25) is 0 Å². The second-order valence-electron chi connectivity index (χ2n) is 3.27. The van der Waals surface area contributed by atoms with Crippen LogP contribution in [0.2, 0.25) is 0 Å². The third-order valence-corrected chi connectivity index (χ3v) is 2.16. The highest BCUT2D eigenvalue weighted by Crippen LogP contribution is 2.17. The molecule has 1 saturated heterocycles. The minimum absolute atomic E-state index is 1.04. The van der Waals surface area contributed by atoms with Gasteiger partial charge >= 0.3 is 0 Å². The van der Waals surface area contributed by atoms with Gasteiger partial charge in [-0.1, -0.05) is 26.5 Å². The first-order valence-electron chi connectivity index (χ1n) is 4.32. The summed E-state index contributed by atoms with van der Waals surface area (Å²) in [6.45, 7) is 13.4. The molecule has 1 nitrogen and oxygen atoms in total. The lowest BCUT2D eigenvalue weighted by Gasteiger charge is -2.12. The molecule has 0 aliphatic carbocycles. The first-order valence-corrected chi connectivity index (χ1v) is 4.32. The summed E-state index contributed by atoms with van der Waals surface area (Å²) in [5.74, 6) is 0. The zero-order chi connectivity index (χ0) is 8.27. The van der Waals surface area contributed by atoms with Crippen LogP contribution in [0.4, 0.5) is 0 Å². The van der Waals surface area contributed by atoms with E-state index in [1.165, 1.54) is 30.5 Å². The molecule has 0 bridgehead atoms. The van der Waals surface area contributed by atoms with Crippen molar-refractivity contribution in [1.82, 2.24) is 4.90 Å². The maximum absolute atomic E-state index is 3.95. The first kappa shape index (κ1) is 8.54. The Balaban J connectivity index is 2.29. The van der Waals surface area contributed by atoms with Crippen LogP contribution in [0.3, 0.4) is 0 Å². The highest BCUT2D eigenvalue weighted by Gasteiger charge is 2.16. The van der Waals surface area contributed by atoms with Crippen LogP contribution in [0.25, 0.3) is 0 Å². The summed E-state index contributed by atoms with van der Waals surface area (Å²) < 4.78 is 0. The number of hydrogen-bond donors (Lipinski definition) is 0. The van der Waals surface area contributed by atoms with Gasteiger partial charge in [-0.3, -0.25) is 4.90 Å². The average molecular weight is 151 g/mol. The van der Waals surface area contributed by atoms with E-state index in [0.29, 0.717) is 0 Å². The van der Waals surface area contributed by atoms with E-state index in [-0.39, 0.29) is 0 Å². The molecule has 0 aromatic heterocycles. The number of rotatable bonds is 3. The Hall–Kier alpha value is -0.560. The minimum Gasteiger partial charge on any atom is -0.295 e. The molecule has 0 amide bonds. The van der Waals surface area contributed by atoms with Crippen molar-refractivity contribution in [2.45, 2.75) is 19.8 Å². The molecule has 1 aliphatic rings. The molecule has 11 heavy (non-hydrogen) atoms. The summed E-state index contributed by atoms with van der Waals surface area (Å²) in [6.07, 6.45) is 2.57. The van der Waals surface area contributed by atoms with Crippen LogP contribution in [0.1, 0.15) is 19.8 Å². The number of nitrogens with zero attached hydrogens (tertiary/aromatic N) is 1.